The maximum absolute atomic E-state index is 4.42. The fourth-order valence-electron chi connectivity index (χ4n) is 2.06. The number of nitrogens with zero attached hydrogens (tertiary/aromatic N) is 3. The molecular formula is C16H23N3S. The summed E-state index contributed by atoms with van der Waals surface area (Å²) in [5.74, 6) is 2.73. The Morgan fingerprint density at radius 1 is 1.25 bits per heavy atom. The molecule has 1 heterocycles. The van der Waals surface area contributed by atoms with Crippen molar-refractivity contribution in [3.05, 3.63) is 29.8 Å². The van der Waals surface area contributed by atoms with Crippen LogP contribution in [0.1, 0.15) is 32.8 Å². The van der Waals surface area contributed by atoms with Crippen LogP contribution in [0.2, 0.25) is 0 Å². The molecular weight excluding hydrogens is 266 g/mol. The van der Waals surface area contributed by atoms with Gasteiger partial charge in [0.25, 0.3) is 0 Å². The molecule has 0 fully saturated rings. The molecule has 2 aromatic rings. The van der Waals surface area contributed by atoms with Gasteiger partial charge in [0.15, 0.2) is 11.0 Å². The summed E-state index contributed by atoms with van der Waals surface area (Å²) in [6, 6.07) is 8.47. The van der Waals surface area contributed by atoms with E-state index >= 15 is 0 Å². The van der Waals surface area contributed by atoms with Crippen molar-refractivity contribution >= 4 is 11.8 Å². The predicted molar refractivity (Wildman–Crippen MR) is 86.0 cm³/mol. The molecule has 0 aliphatic rings. The summed E-state index contributed by atoms with van der Waals surface area (Å²) in [5.41, 5.74) is 2.41. The average Bonchev–Trinajstić information content (AvgIpc) is 2.80. The van der Waals surface area contributed by atoms with E-state index in [1.807, 2.05) is 0 Å². The highest BCUT2D eigenvalue weighted by Crippen LogP contribution is 2.26. The summed E-state index contributed by atoms with van der Waals surface area (Å²) in [4.78, 5) is 0. The number of thioether (sulfide) groups is 1. The van der Waals surface area contributed by atoms with E-state index in [-0.39, 0.29) is 0 Å². The molecule has 20 heavy (non-hydrogen) atoms. The molecule has 0 radical (unpaired) electrons. The summed E-state index contributed by atoms with van der Waals surface area (Å²) in [5, 5.41) is 9.84. The van der Waals surface area contributed by atoms with Crippen LogP contribution in [0.3, 0.4) is 0 Å². The molecule has 0 spiro atoms. The molecule has 1 aromatic carbocycles. The molecule has 0 aliphatic heterocycles. The zero-order chi connectivity index (χ0) is 14.5. The van der Waals surface area contributed by atoms with Crippen molar-refractivity contribution in [3.8, 4) is 11.4 Å². The van der Waals surface area contributed by atoms with Crippen LogP contribution in [0.15, 0.2) is 29.4 Å². The van der Waals surface area contributed by atoms with Crippen molar-refractivity contribution in [2.24, 2.45) is 5.92 Å². The van der Waals surface area contributed by atoms with Crippen molar-refractivity contribution in [2.75, 3.05) is 5.75 Å². The van der Waals surface area contributed by atoms with E-state index in [0.717, 1.165) is 35.3 Å². The number of aryl methyl sites for hydroxylation is 1. The number of rotatable bonds is 6. The minimum Gasteiger partial charge on any atom is -0.302 e. The van der Waals surface area contributed by atoms with E-state index in [4.69, 9.17) is 0 Å². The molecule has 2 rings (SSSR count). The van der Waals surface area contributed by atoms with Crippen LogP contribution in [-0.4, -0.2) is 20.5 Å². The molecule has 108 valence electrons. The Labute approximate surface area is 125 Å². The summed E-state index contributed by atoms with van der Waals surface area (Å²) < 4.78 is 2.25. The largest absolute Gasteiger partial charge is 0.302 e. The van der Waals surface area contributed by atoms with Crippen LogP contribution < -0.4 is 0 Å². The molecule has 0 saturated carbocycles. The van der Waals surface area contributed by atoms with Gasteiger partial charge in [-0.2, -0.15) is 0 Å². The summed E-state index contributed by atoms with van der Waals surface area (Å²) in [6.07, 6.45) is 1.09. The van der Waals surface area contributed by atoms with Crippen molar-refractivity contribution in [3.63, 3.8) is 0 Å². The van der Waals surface area contributed by atoms with Gasteiger partial charge in [-0.05, 0) is 25.3 Å². The van der Waals surface area contributed by atoms with Gasteiger partial charge in [0.05, 0.1) is 0 Å². The molecule has 3 nitrogen and oxygen atoms in total. The zero-order valence-electron chi connectivity index (χ0n) is 12.8. The lowest BCUT2D eigenvalue weighted by Crippen LogP contribution is -2.03. The first-order chi connectivity index (χ1) is 9.61. The molecule has 0 aliphatic carbocycles. The Bertz CT molecular complexity index is 561. The maximum Gasteiger partial charge on any atom is 0.191 e. The fraction of sp³-hybridized carbons (Fsp3) is 0.500. The van der Waals surface area contributed by atoms with Crippen LogP contribution in [0.4, 0.5) is 0 Å². The second-order valence-corrected chi connectivity index (χ2v) is 6.52. The van der Waals surface area contributed by atoms with E-state index in [1.165, 1.54) is 5.56 Å². The van der Waals surface area contributed by atoms with Crippen LogP contribution >= 0.6 is 11.8 Å². The van der Waals surface area contributed by atoms with Crippen LogP contribution in [0.25, 0.3) is 11.4 Å². The highest BCUT2D eigenvalue weighted by atomic mass is 32.2. The number of hydrogen-bond donors (Lipinski definition) is 0. The van der Waals surface area contributed by atoms with E-state index in [1.54, 1.807) is 11.8 Å². The van der Waals surface area contributed by atoms with Gasteiger partial charge in [-0.1, -0.05) is 56.3 Å². The second-order valence-electron chi connectivity index (χ2n) is 5.53. The van der Waals surface area contributed by atoms with E-state index in [0.29, 0.717) is 5.92 Å². The van der Waals surface area contributed by atoms with Gasteiger partial charge in [-0.25, -0.2) is 0 Å². The molecule has 0 amide bonds. The highest BCUT2D eigenvalue weighted by Gasteiger charge is 2.14. The molecule has 0 saturated heterocycles. The van der Waals surface area contributed by atoms with Crippen molar-refractivity contribution in [2.45, 2.75) is 45.8 Å². The third-order valence-corrected chi connectivity index (χ3v) is 4.38. The number of benzene rings is 1. The van der Waals surface area contributed by atoms with Gasteiger partial charge in [-0.3, -0.25) is 0 Å². The van der Waals surface area contributed by atoms with Crippen LogP contribution in [-0.2, 0) is 6.54 Å². The third-order valence-electron chi connectivity index (χ3n) is 2.99. The predicted octanol–water partition coefficient (Wildman–Crippen LogP) is 4.41. The molecule has 0 bridgehead atoms. The van der Waals surface area contributed by atoms with Gasteiger partial charge in [0.1, 0.15) is 0 Å². The minimum atomic E-state index is 0.661. The lowest BCUT2D eigenvalue weighted by Gasteiger charge is -2.10. The Morgan fingerprint density at radius 3 is 2.70 bits per heavy atom. The average molecular weight is 289 g/mol. The minimum absolute atomic E-state index is 0.661. The van der Waals surface area contributed by atoms with Crippen LogP contribution in [0, 0.1) is 12.8 Å². The van der Waals surface area contributed by atoms with Gasteiger partial charge in [-0.15, -0.1) is 10.2 Å². The Hall–Kier alpha value is -1.29. The summed E-state index contributed by atoms with van der Waals surface area (Å²) in [7, 11) is 0. The first kappa shape index (κ1) is 15.1. The Kier molecular flexibility index (Phi) is 5.24. The van der Waals surface area contributed by atoms with Gasteiger partial charge in [0, 0.05) is 17.9 Å². The lowest BCUT2D eigenvalue weighted by atomic mass is 10.1. The van der Waals surface area contributed by atoms with Gasteiger partial charge >= 0.3 is 0 Å². The van der Waals surface area contributed by atoms with Gasteiger partial charge < -0.3 is 4.57 Å². The smallest absolute Gasteiger partial charge is 0.191 e. The number of hydrogen-bond acceptors (Lipinski definition) is 3. The SMILES string of the molecule is CCCn1c(SCC(C)C)nnc1-c1cccc(C)c1. The zero-order valence-corrected chi connectivity index (χ0v) is 13.6. The van der Waals surface area contributed by atoms with Gasteiger partial charge in [0.2, 0.25) is 0 Å². The van der Waals surface area contributed by atoms with Crippen molar-refractivity contribution < 1.29 is 0 Å². The van der Waals surface area contributed by atoms with E-state index in [2.05, 4.69) is 66.7 Å². The second kappa shape index (κ2) is 6.93. The van der Waals surface area contributed by atoms with Crippen molar-refractivity contribution in [1.82, 2.24) is 14.8 Å². The first-order valence-electron chi connectivity index (χ1n) is 7.24. The van der Waals surface area contributed by atoms with E-state index < -0.39 is 0 Å². The Balaban J connectivity index is 2.33. The van der Waals surface area contributed by atoms with Crippen molar-refractivity contribution in [1.29, 1.82) is 0 Å². The third kappa shape index (κ3) is 3.63. The topological polar surface area (TPSA) is 30.7 Å². The molecule has 1 aromatic heterocycles. The maximum atomic E-state index is 4.42. The monoisotopic (exact) mass is 289 g/mol. The summed E-state index contributed by atoms with van der Waals surface area (Å²) in [6.45, 7) is 9.73. The van der Waals surface area contributed by atoms with Crippen LogP contribution in [0.5, 0.6) is 0 Å². The highest BCUT2D eigenvalue weighted by molar-refractivity contribution is 7.99. The molecule has 4 heteroatoms. The first-order valence-corrected chi connectivity index (χ1v) is 8.23. The normalized spacial score (nSPS) is 11.2. The molecule has 0 N–H and O–H groups in total. The lowest BCUT2D eigenvalue weighted by molar-refractivity contribution is 0.624. The standard InChI is InChI=1S/C16H23N3S/c1-5-9-19-15(14-8-6-7-13(4)10-14)17-18-16(19)20-11-12(2)3/h6-8,10,12H,5,9,11H2,1-4H3. The summed E-state index contributed by atoms with van der Waals surface area (Å²) >= 11 is 1.80. The quantitative estimate of drug-likeness (QED) is 0.738. The number of aromatic nitrogens is 3. The Morgan fingerprint density at radius 2 is 2.05 bits per heavy atom. The molecule has 0 atom stereocenters. The fourth-order valence-corrected chi connectivity index (χ4v) is 2.97. The molecule has 0 unspecified atom stereocenters. The van der Waals surface area contributed by atoms with E-state index in [9.17, 15) is 0 Å².